The van der Waals surface area contributed by atoms with E-state index < -0.39 is 5.82 Å². The Bertz CT molecular complexity index is 946. The standard InChI is InChI=1S/C17H16FN3O3/c1-19-17(23)16-5-3-12(24-16)9-20-8-11-7-15(22)13-6-10(18)2-4-14(13)21-11/h2-7,20H,8-9H2,1H3,(H,19,23)(H,21,22). The van der Waals surface area contributed by atoms with Crippen LogP contribution in [0.1, 0.15) is 22.0 Å². The van der Waals surface area contributed by atoms with Crippen molar-refractivity contribution in [2.75, 3.05) is 7.05 Å². The van der Waals surface area contributed by atoms with Gasteiger partial charge in [0.15, 0.2) is 11.2 Å². The number of pyridine rings is 1. The molecule has 2 aromatic heterocycles. The minimum Gasteiger partial charge on any atom is -0.455 e. The Hall–Kier alpha value is -2.93. The molecule has 0 unspecified atom stereocenters. The molecule has 0 radical (unpaired) electrons. The molecule has 0 bridgehead atoms. The van der Waals surface area contributed by atoms with Gasteiger partial charge in [0, 0.05) is 36.3 Å². The first-order valence-corrected chi connectivity index (χ1v) is 7.40. The van der Waals surface area contributed by atoms with Crippen molar-refractivity contribution < 1.29 is 13.6 Å². The van der Waals surface area contributed by atoms with Crippen LogP contribution in [0.15, 0.2) is 45.6 Å². The van der Waals surface area contributed by atoms with E-state index in [4.69, 9.17) is 4.42 Å². The average molecular weight is 329 g/mol. The maximum absolute atomic E-state index is 13.2. The number of carbonyl (C=O) groups excluding carboxylic acids is 1. The molecule has 0 aliphatic carbocycles. The van der Waals surface area contributed by atoms with E-state index in [1.165, 1.54) is 31.3 Å². The van der Waals surface area contributed by atoms with Crippen molar-refractivity contribution in [2.24, 2.45) is 0 Å². The van der Waals surface area contributed by atoms with Gasteiger partial charge in [0.25, 0.3) is 5.91 Å². The van der Waals surface area contributed by atoms with Crippen molar-refractivity contribution in [3.63, 3.8) is 0 Å². The fourth-order valence-electron chi connectivity index (χ4n) is 2.41. The minimum atomic E-state index is -0.441. The molecule has 0 saturated heterocycles. The van der Waals surface area contributed by atoms with Crippen LogP contribution < -0.4 is 16.1 Å². The van der Waals surface area contributed by atoms with Gasteiger partial charge < -0.3 is 20.0 Å². The molecule has 0 fully saturated rings. The molecular formula is C17H16FN3O3. The number of rotatable bonds is 5. The number of furan rings is 1. The smallest absolute Gasteiger partial charge is 0.286 e. The van der Waals surface area contributed by atoms with Crippen LogP contribution in [0.2, 0.25) is 0 Å². The fraction of sp³-hybridized carbons (Fsp3) is 0.176. The summed E-state index contributed by atoms with van der Waals surface area (Å²) in [6.45, 7) is 0.805. The summed E-state index contributed by atoms with van der Waals surface area (Å²) in [6, 6.07) is 8.81. The molecule has 1 amide bonds. The maximum atomic E-state index is 13.2. The summed E-state index contributed by atoms with van der Waals surface area (Å²) in [5.74, 6) is 0.130. The van der Waals surface area contributed by atoms with E-state index in [9.17, 15) is 14.0 Å². The van der Waals surface area contributed by atoms with E-state index in [2.05, 4.69) is 15.6 Å². The second kappa shape index (κ2) is 6.67. The molecule has 2 heterocycles. The van der Waals surface area contributed by atoms with Gasteiger partial charge in [0.1, 0.15) is 11.6 Å². The average Bonchev–Trinajstić information content (AvgIpc) is 3.04. The van der Waals surface area contributed by atoms with E-state index in [0.29, 0.717) is 35.4 Å². The number of fused-ring (bicyclic) bond motifs is 1. The number of aromatic nitrogens is 1. The molecule has 0 spiro atoms. The Balaban J connectivity index is 1.68. The van der Waals surface area contributed by atoms with Crippen molar-refractivity contribution >= 4 is 16.8 Å². The summed E-state index contributed by atoms with van der Waals surface area (Å²) >= 11 is 0. The largest absolute Gasteiger partial charge is 0.455 e. The first-order valence-electron chi connectivity index (χ1n) is 7.40. The highest BCUT2D eigenvalue weighted by Gasteiger charge is 2.09. The molecule has 0 aliphatic heterocycles. The normalized spacial score (nSPS) is 10.9. The summed E-state index contributed by atoms with van der Waals surface area (Å²) in [5.41, 5.74) is 1.03. The predicted octanol–water partition coefficient (Wildman–Crippen LogP) is 1.91. The monoisotopic (exact) mass is 329 g/mol. The molecule has 124 valence electrons. The van der Waals surface area contributed by atoms with Crippen molar-refractivity contribution in [2.45, 2.75) is 13.1 Å². The SMILES string of the molecule is CNC(=O)c1ccc(CNCc2cc(=O)c3cc(F)ccc3[nH]2)o1. The molecule has 0 aliphatic rings. The van der Waals surface area contributed by atoms with Gasteiger partial charge in [0.2, 0.25) is 0 Å². The number of amides is 1. The van der Waals surface area contributed by atoms with E-state index in [1.807, 2.05) is 0 Å². The molecule has 3 N–H and O–H groups in total. The van der Waals surface area contributed by atoms with Crippen molar-refractivity contribution in [3.05, 3.63) is 69.7 Å². The molecule has 6 nitrogen and oxygen atoms in total. The Morgan fingerprint density at radius 2 is 2.04 bits per heavy atom. The topological polar surface area (TPSA) is 87.1 Å². The van der Waals surface area contributed by atoms with Crippen molar-refractivity contribution in [1.29, 1.82) is 0 Å². The van der Waals surface area contributed by atoms with Gasteiger partial charge in [-0.15, -0.1) is 0 Å². The van der Waals surface area contributed by atoms with Crippen molar-refractivity contribution in [1.82, 2.24) is 15.6 Å². The molecule has 3 aromatic rings. The summed E-state index contributed by atoms with van der Waals surface area (Å²) < 4.78 is 18.6. The third-order valence-corrected chi connectivity index (χ3v) is 3.57. The Morgan fingerprint density at radius 3 is 2.83 bits per heavy atom. The highest BCUT2D eigenvalue weighted by Crippen LogP contribution is 2.11. The lowest BCUT2D eigenvalue weighted by Gasteiger charge is -2.06. The van der Waals surface area contributed by atoms with Crippen molar-refractivity contribution in [3.8, 4) is 0 Å². The van der Waals surface area contributed by atoms with Crippen LogP contribution in [0, 0.1) is 5.82 Å². The number of halogens is 1. The number of benzene rings is 1. The van der Waals surface area contributed by atoms with Crippen LogP contribution in [0.3, 0.4) is 0 Å². The van der Waals surface area contributed by atoms with Gasteiger partial charge in [-0.3, -0.25) is 9.59 Å². The first kappa shape index (κ1) is 15.9. The third-order valence-electron chi connectivity index (χ3n) is 3.57. The fourth-order valence-corrected chi connectivity index (χ4v) is 2.41. The summed E-state index contributed by atoms with van der Waals surface area (Å²) in [6.07, 6.45) is 0. The summed E-state index contributed by atoms with van der Waals surface area (Å²) in [7, 11) is 1.53. The summed E-state index contributed by atoms with van der Waals surface area (Å²) in [4.78, 5) is 26.5. The van der Waals surface area contributed by atoms with E-state index in [0.717, 1.165) is 0 Å². The second-order valence-corrected chi connectivity index (χ2v) is 5.30. The van der Waals surface area contributed by atoms with Crippen LogP contribution in [0.25, 0.3) is 10.9 Å². The zero-order chi connectivity index (χ0) is 17.1. The quantitative estimate of drug-likeness (QED) is 0.667. The highest BCUT2D eigenvalue weighted by atomic mass is 19.1. The Morgan fingerprint density at radius 1 is 1.21 bits per heavy atom. The van der Waals surface area contributed by atoms with Gasteiger partial charge in [-0.25, -0.2) is 4.39 Å². The number of aromatic amines is 1. The van der Waals surface area contributed by atoms with Crippen LogP contribution in [-0.4, -0.2) is 17.9 Å². The second-order valence-electron chi connectivity index (χ2n) is 5.30. The molecule has 0 saturated carbocycles. The van der Waals surface area contributed by atoms with Crippen LogP contribution in [0.4, 0.5) is 4.39 Å². The maximum Gasteiger partial charge on any atom is 0.286 e. The van der Waals surface area contributed by atoms with Crippen LogP contribution in [-0.2, 0) is 13.1 Å². The number of hydrogen-bond donors (Lipinski definition) is 3. The van der Waals surface area contributed by atoms with Gasteiger partial charge in [0.05, 0.1) is 6.54 Å². The summed E-state index contributed by atoms with van der Waals surface area (Å²) in [5, 5.41) is 5.93. The van der Waals surface area contributed by atoms with Gasteiger partial charge in [-0.2, -0.15) is 0 Å². The number of hydrogen-bond acceptors (Lipinski definition) is 4. The molecule has 3 rings (SSSR count). The zero-order valence-electron chi connectivity index (χ0n) is 13.0. The Labute approximate surface area is 136 Å². The molecular weight excluding hydrogens is 313 g/mol. The lowest BCUT2D eigenvalue weighted by atomic mass is 10.2. The molecule has 0 atom stereocenters. The first-order chi connectivity index (χ1) is 11.6. The molecule has 24 heavy (non-hydrogen) atoms. The van der Waals surface area contributed by atoms with E-state index in [1.54, 1.807) is 12.1 Å². The lowest BCUT2D eigenvalue weighted by molar-refractivity contribution is 0.0933. The number of carbonyl (C=O) groups is 1. The third kappa shape index (κ3) is 3.36. The number of nitrogens with one attached hydrogen (secondary N) is 3. The van der Waals surface area contributed by atoms with Gasteiger partial charge >= 0.3 is 0 Å². The Kier molecular flexibility index (Phi) is 4.43. The highest BCUT2D eigenvalue weighted by molar-refractivity contribution is 5.91. The molecule has 7 heteroatoms. The zero-order valence-corrected chi connectivity index (χ0v) is 13.0. The minimum absolute atomic E-state index is 0.236. The van der Waals surface area contributed by atoms with E-state index >= 15 is 0 Å². The number of H-pyrrole nitrogens is 1. The van der Waals surface area contributed by atoms with E-state index in [-0.39, 0.29) is 17.1 Å². The lowest BCUT2D eigenvalue weighted by Crippen LogP contribution is -2.17. The van der Waals surface area contributed by atoms with Gasteiger partial charge in [-0.1, -0.05) is 0 Å². The van der Waals surface area contributed by atoms with Gasteiger partial charge in [-0.05, 0) is 30.3 Å². The predicted molar refractivity (Wildman–Crippen MR) is 87.2 cm³/mol. The molecule has 1 aromatic carbocycles. The van der Waals surface area contributed by atoms with Crippen LogP contribution >= 0.6 is 0 Å². The van der Waals surface area contributed by atoms with Crippen LogP contribution in [0.5, 0.6) is 0 Å².